The van der Waals surface area contributed by atoms with Crippen LogP contribution >= 0.6 is 38.5 Å². The quantitative estimate of drug-likeness (QED) is 0.593. The van der Waals surface area contributed by atoms with Crippen molar-refractivity contribution in [3.05, 3.63) is 67.7 Å². The van der Waals surface area contributed by atoms with Crippen molar-refractivity contribution in [3.63, 3.8) is 0 Å². The molecule has 0 bridgehead atoms. The summed E-state index contributed by atoms with van der Waals surface area (Å²) in [5.41, 5.74) is 2.71. The number of hydrogen-bond donors (Lipinski definition) is 0. The van der Waals surface area contributed by atoms with Crippen LogP contribution in [-0.4, -0.2) is 0 Å². The van der Waals surface area contributed by atoms with Gasteiger partial charge in [0.1, 0.15) is 0 Å². The highest BCUT2D eigenvalue weighted by molar-refractivity contribution is 14.1. The molecule has 0 N–H and O–H groups in total. The van der Waals surface area contributed by atoms with Crippen LogP contribution in [0.25, 0.3) is 0 Å². The third-order valence-electron chi connectivity index (χ3n) is 3.09. The lowest BCUT2D eigenvalue weighted by atomic mass is 9.78. The zero-order chi connectivity index (χ0) is 12.5. The van der Waals surface area contributed by atoms with E-state index in [1.54, 1.807) is 0 Å². The summed E-state index contributed by atoms with van der Waals surface area (Å²) in [5, 5.41) is 0. The molecule has 0 aliphatic rings. The zero-order valence-corrected chi connectivity index (χ0v) is 13.6. The summed E-state index contributed by atoms with van der Waals surface area (Å²) in [6.07, 6.45) is 0. The van der Waals surface area contributed by atoms with E-state index < -0.39 is 0 Å². The summed E-state index contributed by atoms with van der Waals surface area (Å²) < 4.78 is 2.41. The van der Waals surface area contributed by atoms with Gasteiger partial charge in [0.05, 0.1) is 0 Å². The molecule has 17 heavy (non-hydrogen) atoms. The van der Waals surface area contributed by atoms with Crippen LogP contribution in [-0.2, 0) is 5.41 Å². The Morgan fingerprint density at radius 1 is 0.941 bits per heavy atom. The minimum absolute atomic E-state index is 0.0327. The van der Waals surface area contributed by atoms with Gasteiger partial charge in [0.2, 0.25) is 0 Å². The molecule has 0 atom stereocenters. The first-order chi connectivity index (χ1) is 8.00. The van der Waals surface area contributed by atoms with Crippen LogP contribution in [0.5, 0.6) is 0 Å². The highest BCUT2D eigenvalue weighted by Gasteiger charge is 2.23. The Kier molecular flexibility index (Phi) is 3.93. The Morgan fingerprint density at radius 3 is 2.12 bits per heavy atom. The van der Waals surface area contributed by atoms with Gasteiger partial charge in [-0.1, -0.05) is 54.0 Å². The molecular formula is C15H14BrI. The Hall–Kier alpha value is -0.350. The van der Waals surface area contributed by atoms with Gasteiger partial charge in [-0.2, -0.15) is 0 Å². The molecule has 0 amide bonds. The third kappa shape index (κ3) is 2.91. The molecule has 0 fully saturated rings. The Labute approximate surface area is 125 Å². The summed E-state index contributed by atoms with van der Waals surface area (Å²) in [6, 6.07) is 17.2. The van der Waals surface area contributed by atoms with E-state index in [0.29, 0.717) is 0 Å². The molecule has 2 heteroatoms. The van der Waals surface area contributed by atoms with Crippen molar-refractivity contribution >= 4 is 38.5 Å². The fourth-order valence-corrected chi connectivity index (χ4v) is 2.86. The van der Waals surface area contributed by atoms with Gasteiger partial charge in [0.15, 0.2) is 0 Å². The maximum Gasteiger partial charge on any atom is 0.0178 e. The van der Waals surface area contributed by atoms with Gasteiger partial charge in [-0.05, 0) is 58.0 Å². The highest BCUT2D eigenvalue weighted by Crippen LogP contribution is 2.33. The summed E-state index contributed by atoms with van der Waals surface area (Å²) in [7, 11) is 0. The van der Waals surface area contributed by atoms with Crippen LogP contribution in [0.4, 0.5) is 0 Å². The first-order valence-corrected chi connectivity index (χ1v) is 7.39. The summed E-state index contributed by atoms with van der Waals surface area (Å²) >= 11 is 5.90. The van der Waals surface area contributed by atoms with E-state index in [4.69, 9.17) is 0 Å². The molecule has 0 aromatic heterocycles. The van der Waals surface area contributed by atoms with Crippen molar-refractivity contribution in [2.75, 3.05) is 0 Å². The average Bonchev–Trinajstić information content (AvgIpc) is 2.29. The molecule has 0 nitrogen and oxygen atoms in total. The van der Waals surface area contributed by atoms with Gasteiger partial charge in [-0.15, -0.1) is 0 Å². The van der Waals surface area contributed by atoms with Crippen molar-refractivity contribution in [2.24, 2.45) is 0 Å². The lowest BCUT2D eigenvalue weighted by Gasteiger charge is -2.26. The molecule has 2 aromatic rings. The van der Waals surface area contributed by atoms with Crippen molar-refractivity contribution < 1.29 is 0 Å². The fourth-order valence-electron chi connectivity index (χ4n) is 1.92. The topological polar surface area (TPSA) is 0 Å². The number of hydrogen-bond acceptors (Lipinski definition) is 0. The average molecular weight is 401 g/mol. The first kappa shape index (κ1) is 13.1. The van der Waals surface area contributed by atoms with Gasteiger partial charge in [0.25, 0.3) is 0 Å². The lowest BCUT2D eigenvalue weighted by molar-refractivity contribution is 0.640. The van der Waals surface area contributed by atoms with Crippen LogP contribution in [0.3, 0.4) is 0 Å². The largest absolute Gasteiger partial charge is 0.0609 e. The Balaban J connectivity index is 2.49. The second kappa shape index (κ2) is 5.11. The molecule has 0 radical (unpaired) electrons. The number of benzene rings is 2. The minimum Gasteiger partial charge on any atom is -0.0609 e. The predicted octanol–water partition coefficient (Wildman–Crippen LogP) is 5.38. The van der Waals surface area contributed by atoms with Gasteiger partial charge < -0.3 is 0 Å². The van der Waals surface area contributed by atoms with Crippen molar-refractivity contribution in [2.45, 2.75) is 19.3 Å². The van der Waals surface area contributed by atoms with Crippen LogP contribution in [0.1, 0.15) is 25.0 Å². The molecule has 0 aliphatic carbocycles. The monoisotopic (exact) mass is 400 g/mol. The van der Waals surface area contributed by atoms with Crippen LogP contribution in [0.15, 0.2) is 53.0 Å². The van der Waals surface area contributed by atoms with Crippen LogP contribution < -0.4 is 0 Å². The lowest BCUT2D eigenvalue weighted by Crippen LogP contribution is -2.18. The van der Waals surface area contributed by atoms with E-state index in [-0.39, 0.29) is 5.41 Å². The smallest absolute Gasteiger partial charge is 0.0178 e. The fraction of sp³-hybridized carbons (Fsp3) is 0.200. The van der Waals surface area contributed by atoms with E-state index in [1.165, 1.54) is 14.7 Å². The maximum atomic E-state index is 3.54. The normalized spacial score (nSPS) is 11.5. The second-order valence-corrected chi connectivity index (χ2v) is 6.81. The SMILES string of the molecule is CC(C)(c1cccc(Br)c1)c1cccc(I)c1. The molecule has 0 saturated carbocycles. The molecule has 2 aromatic carbocycles. The number of rotatable bonds is 2. The molecule has 2 rings (SSSR count). The van der Waals surface area contributed by atoms with Crippen molar-refractivity contribution in [3.8, 4) is 0 Å². The zero-order valence-electron chi connectivity index (χ0n) is 9.87. The van der Waals surface area contributed by atoms with Crippen LogP contribution in [0.2, 0.25) is 0 Å². The molecule has 88 valence electrons. The molecule has 0 aliphatic heterocycles. The molecule has 0 heterocycles. The van der Waals surface area contributed by atoms with Crippen molar-refractivity contribution in [1.82, 2.24) is 0 Å². The highest BCUT2D eigenvalue weighted by atomic mass is 127. The van der Waals surface area contributed by atoms with E-state index in [2.05, 4.69) is 101 Å². The number of halogens is 2. The van der Waals surface area contributed by atoms with Gasteiger partial charge >= 0.3 is 0 Å². The van der Waals surface area contributed by atoms with Gasteiger partial charge in [-0.3, -0.25) is 0 Å². The van der Waals surface area contributed by atoms with Crippen molar-refractivity contribution in [1.29, 1.82) is 0 Å². The molecule has 0 saturated heterocycles. The summed E-state index contributed by atoms with van der Waals surface area (Å²) in [6.45, 7) is 4.53. The first-order valence-electron chi connectivity index (χ1n) is 5.52. The molecular weight excluding hydrogens is 387 g/mol. The standard InChI is InChI=1S/C15H14BrI/c1-15(2,11-5-3-7-13(16)9-11)12-6-4-8-14(17)10-12/h3-10H,1-2H3. The Bertz CT molecular complexity index is 484. The molecule has 0 spiro atoms. The summed E-state index contributed by atoms with van der Waals surface area (Å²) in [4.78, 5) is 0. The van der Waals surface area contributed by atoms with E-state index >= 15 is 0 Å². The van der Waals surface area contributed by atoms with E-state index in [0.717, 1.165) is 4.47 Å². The molecule has 0 unspecified atom stereocenters. The second-order valence-electron chi connectivity index (χ2n) is 4.65. The van der Waals surface area contributed by atoms with Gasteiger partial charge in [0, 0.05) is 13.5 Å². The van der Waals surface area contributed by atoms with E-state index in [1.807, 2.05) is 0 Å². The van der Waals surface area contributed by atoms with Crippen LogP contribution in [0, 0.1) is 3.57 Å². The summed E-state index contributed by atoms with van der Waals surface area (Å²) in [5.74, 6) is 0. The third-order valence-corrected chi connectivity index (χ3v) is 4.26. The predicted molar refractivity (Wildman–Crippen MR) is 85.4 cm³/mol. The maximum absolute atomic E-state index is 3.54. The van der Waals surface area contributed by atoms with E-state index in [9.17, 15) is 0 Å². The minimum atomic E-state index is 0.0327. The Morgan fingerprint density at radius 2 is 1.53 bits per heavy atom. The van der Waals surface area contributed by atoms with Gasteiger partial charge in [-0.25, -0.2) is 0 Å².